The van der Waals surface area contributed by atoms with E-state index in [0.29, 0.717) is 5.52 Å². The van der Waals surface area contributed by atoms with Gasteiger partial charge in [0.1, 0.15) is 0 Å². The highest BCUT2D eigenvalue weighted by Crippen LogP contribution is 2.21. The van der Waals surface area contributed by atoms with Gasteiger partial charge in [0.15, 0.2) is 5.69 Å². The lowest BCUT2D eigenvalue weighted by molar-refractivity contribution is 0.0603. The van der Waals surface area contributed by atoms with Gasteiger partial charge in [-0.05, 0) is 12.1 Å². The number of ether oxygens (including phenoxy) is 1. The van der Waals surface area contributed by atoms with Gasteiger partial charge in [0, 0.05) is 5.39 Å². The van der Waals surface area contributed by atoms with Crippen LogP contribution in [0, 0.1) is 0 Å². The molecule has 1 heterocycles. The maximum Gasteiger partial charge on any atom is 0.357 e. The van der Waals surface area contributed by atoms with E-state index >= 15 is 0 Å². The van der Waals surface area contributed by atoms with Crippen LogP contribution in [0.5, 0.6) is 0 Å². The number of carboxylic acid groups (broad SMARTS) is 1. The van der Waals surface area contributed by atoms with Crippen LogP contribution < -0.4 is 0 Å². The lowest BCUT2D eigenvalue weighted by atomic mass is 10.1. The summed E-state index contributed by atoms with van der Waals surface area (Å²) in [6.45, 7) is 0. The van der Waals surface area contributed by atoms with Gasteiger partial charge in [0.25, 0.3) is 0 Å². The SMILES string of the molecule is COC(=O)c1cccc2[nH]nc(C(=O)O)c12. The van der Waals surface area contributed by atoms with E-state index in [-0.39, 0.29) is 16.6 Å². The Bertz CT molecular complexity index is 573. The van der Waals surface area contributed by atoms with Crippen LogP contribution in [-0.4, -0.2) is 34.4 Å². The molecule has 0 spiro atoms. The zero-order chi connectivity index (χ0) is 11.7. The molecule has 0 saturated carbocycles. The average Bonchev–Trinajstić information content (AvgIpc) is 2.71. The largest absolute Gasteiger partial charge is 0.476 e. The molecule has 1 aromatic carbocycles. The maximum absolute atomic E-state index is 11.4. The second-order valence-corrected chi connectivity index (χ2v) is 3.10. The van der Waals surface area contributed by atoms with Gasteiger partial charge < -0.3 is 9.84 Å². The van der Waals surface area contributed by atoms with Crippen LogP contribution >= 0.6 is 0 Å². The molecule has 0 fully saturated rings. The van der Waals surface area contributed by atoms with Crippen LogP contribution in [0.1, 0.15) is 20.8 Å². The monoisotopic (exact) mass is 220 g/mol. The number of nitrogens with one attached hydrogen (secondary N) is 1. The lowest BCUT2D eigenvalue weighted by Gasteiger charge is -2.00. The first kappa shape index (κ1) is 10.2. The van der Waals surface area contributed by atoms with Crippen molar-refractivity contribution in [3.8, 4) is 0 Å². The van der Waals surface area contributed by atoms with E-state index in [1.807, 2.05) is 0 Å². The number of fused-ring (bicyclic) bond motifs is 1. The molecule has 0 aliphatic rings. The molecular weight excluding hydrogens is 212 g/mol. The number of aromatic nitrogens is 2. The van der Waals surface area contributed by atoms with Crippen LogP contribution in [0.4, 0.5) is 0 Å². The maximum atomic E-state index is 11.4. The minimum atomic E-state index is -1.19. The molecular formula is C10H8N2O4. The van der Waals surface area contributed by atoms with Gasteiger partial charge in [-0.2, -0.15) is 5.10 Å². The number of carboxylic acids is 1. The number of rotatable bonds is 2. The molecule has 2 N–H and O–H groups in total. The highest BCUT2D eigenvalue weighted by Gasteiger charge is 2.19. The smallest absolute Gasteiger partial charge is 0.357 e. The summed E-state index contributed by atoms with van der Waals surface area (Å²) >= 11 is 0. The third-order valence-electron chi connectivity index (χ3n) is 2.20. The van der Waals surface area contributed by atoms with Gasteiger partial charge in [0.05, 0.1) is 18.2 Å². The highest BCUT2D eigenvalue weighted by atomic mass is 16.5. The van der Waals surface area contributed by atoms with Gasteiger partial charge in [0.2, 0.25) is 0 Å². The van der Waals surface area contributed by atoms with Crippen molar-refractivity contribution in [2.75, 3.05) is 7.11 Å². The number of esters is 1. The van der Waals surface area contributed by atoms with Gasteiger partial charge in [-0.15, -0.1) is 0 Å². The van der Waals surface area contributed by atoms with Crippen LogP contribution in [0.15, 0.2) is 18.2 Å². The molecule has 0 aliphatic carbocycles. The number of nitrogens with zero attached hydrogens (tertiary/aromatic N) is 1. The van der Waals surface area contributed by atoms with Crippen LogP contribution in [0.25, 0.3) is 10.9 Å². The summed E-state index contributed by atoms with van der Waals surface area (Å²) in [5, 5.41) is 15.4. The molecule has 2 rings (SSSR count). The minimum Gasteiger partial charge on any atom is -0.476 e. The zero-order valence-electron chi connectivity index (χ0n) is 8.35. The third kappa shape index (κ3) is 1.40. The summed E-state index contributed by atoms with van der Waals surface area (Å²) in [5.41, 5.74) is 0.488. The normalized spacial score (nSPS) is 10.3. The number of methoxy groups -OCH3 is 1. The molecule has 0 saturated heterocycles. The zero-order valence-corrected chi connectivity index (χ0v) is 8.35. The standard InChI is InChI=1S/C10H8N2O4/c1-16-10(15)5-3-2-4-6-7(5)8(9(13)14)12-11-6/h2-4H,1H3,(H,11,12)(H,13,14). The van der Waals surface area contributed by atoms with Crippen molar-refractivity contribution in [1.29, 1.82) is 0 Å². The number of carbonyl (C=O) groups is 2. The van der Waals surface area contributed by atoms with Gasteiger partial charge in [-0.25, -0.2) is 9.59 Å². The topological polar surface area (TPSA) is 92.3 Å². The van der Waals surface area contributed by atoms with Gasteiger partial charge in [-0.3, -0.25) is 5.10 Å². The van der Waals surface area contributed by atoms with E-state index in [2.05, 4.69) is 14.9 Å². The number of aromatic carboxylic acids is 1. The molecule has 0 aliphatic heterocycles. The van der Waals surface area contributed by atoms with Gasteiger partial charge in [-0.1, -0.05) is 6.07 Å². The van der Waals surface area contributed by atoms with Crippen molar-refractivity contribution < 1.29 is 19.4 Å². The second-order valence-electron chi connectivity index (χ2n) is 3.10. The van der Waals surface area contributed by atoms with E-state index < -0.39 is 11.9 Å². The number of hydrogen-bond acceptors (Lipinski definition) is 4. The molecule has 0 amide bonds. The van der Waals surface area contributed by atoms with Crippen molar-refractivity contribution in [2.24, 2.45) is 0 Å². The molecule has 16 heavy (non-hydrogen) atoms. The Balaban J connectivity index is 2.78. The Hall–Kier alpha value is -2.37. The fraction of sp³-hybridized carbons (Fsp3) is 0.100. The first-order valence-electron chi connectivity index (χ1n) is 4.44. The summed E-state index contributed by atoms with van der Waals surface area (Å²) in [6, 6.07) is 4.76. The molecule has 0 radical (unpaired) electrons. The highest BCUT2D eigenvalue weighted by molar-refractivity contribution is 6.11. The molecule has 2 aromatic rings. The molecule has 0 atom stereocenters. The first-order chi connectivity index (χ1) is 7.65. The van der Waals surface area contributed by atoms with E-state index in [1.54, 1.807) is 12.1 Å². The molecule has 0 bridgehead atoms. The van der Waals surface area contributed by atoms with E-state index in [1.165, 1.54) is 13.2 Å². The molecule has 82 valence electrons. The van der Waals surface area contributed by atoms with Crippen molar-refractivity contribution in [3.05, 3.63) is 29.5 Å². The summed E-state index contributed by atoms with van der Waals surface area (Å²) in [5.74, 6) is -1.78. The average molecular weight is 220 g/mol. The van der Waals surface area contributed by atoms with E-state index in [4.69, 9.17) is 5.11 Å². The van der Waals surface area contributed by atoms with Crippen LogP contribution in [0.3, 0.4) is 0 Å². The number of hydrogen-bond donors (Lipinski definition) is 2. The summed E-state index contributed by atoms with van der Waals surface area (Å²) in [4.78, 5) is 22.3. The van der Waals surface area contributed by atoms with Crippen molar-refractivity contribution in [1.82, 2.24) is 10.2 Å². The molecule has 6 nitrogen and oxygen atoms in total. The number of carbonyl (C=O) groups excluding carboxylic acids is 1. The summed E-state index contributed by atoms with van der Waals surface area (Å²) in [7, 11) is 1.24. The number of aromatic amines is 1. The fourth-order valence-electron chi connectivity index (χ4n) is 1.51. The van der Waals surface area contributed by atoms with Crippen molar-refractivity contribution in [3.63, 3.8) is 0 Å². The van der Waals surface area contributed by atoms with Gasteiger partial charge >= 0.3 is 11.9 Å². The van der Waals surface area contributed by atoms with E-state index in [9.17, 15) is 9.59 Å². The fourth-order valence-corrected chi connectivity index (χ4v) is 1.51. The molecule has 1 aromatic heterocycles. The Morgan fingerprint density at radius 1 is 1.44 bits per heavy atom. The van der Waals surface area contributed by atoms with Crippen molar-refractivity contribution in [2.45, 2.75) is 0 Å². The molecule has 0 unspecified atom stereocenters. The number of benzene rings is 1. The predicted molar refractivity (Wildman–Crippen MR) is 54.4 cm³/mol. The van der Waals surface area contributed by atoms with Crippen LogP contribution in [-0.2, 0) is 4.74 Å². The molecule has 6 heteroatoms. The Kier molecular flexibility index (Phi) is 2.32. The third-order valence-corrected chi connectivity index (χ3v) is 2.20. The minimum absolute atomic E-state index is 0.184. The van der Waals surface area contributed by atoms with Crippen LogP contribution in [0.2, 0.25) is 0 Å². The first-order valence-corrected chi connectivity index (χ1v) is 4.44. The number of H-pyrrole nitrogens is 1. The Labute approximate surface area is 89.8 Å². The predicted octanol–water partition coefficient (Wildman–Crippen LogP) is 1.05. The van der Waals surface area contributed by atoms with Crippen molar-refractivity contribution >= 4 is 22.8 Å². The second kappa shape index (κ2) is 3.65. The lowest BCUT2D eigenvalue weighted by Crippen LogP contribution is -2.04. The Morgan fingerprint density at radius 2 is 2.19 bits per heavy atom. The summed E-state index contributed by atoms with van der Waals surface area (Å²) in [6.07, 6.45) is 0. The summed E-state index contributed by atoms with van der Waals surface area (Å²) < 4.78 is 4.57. The Morgan fingerprint density at radius 3 is 2.81 bits per heavy atom. The quantitative estimate of drug-likeness (QED) is 0.738. The van der Waals surface area contributed by atoms with E-state index in [0.717, 1.165) is 0 Å².